The molecule has 0 aromatic heterocycles. The zero-order valence-electron chi connectivity index (χ0n) is 19.2. The van der Waals surface area contributed by atoms with E-state index >= 15 is 0 Å². The van der Waals surface area contributed by atoms with E-state index in [1.165, 1.54) is 0 Å². The summed E-state index contributed by atoms with van der Waals surface area (Å²) in [6.07, 6.45) is 3.09. The summed E-state index contributed by atoms with van der Waals surface area (Å²) in [6, 6.07) is 6.36. The molecule has 1 aromatic carbocycles. The highest BCUT2D eigenvalue weighted by molar-refractivity contribution is 5.80. The first-order valence-corrected chi connectivity index (χ1v) is 11.4. The Labute approximate surface area is 186 Å². The van der Waals surface area contributed by atoms with Crippen LogP contribution in [0, 0.1) is 5.92 Å². The van der Waals surface area contributed by atoms with Gasteiger partial charge in [0.25, 0.3) is 0 Å². The predicted molar refractivity (Wildman–Crippen MR) is 124 cm³/mol. The van der Waals surface area contributed by atoms with Gasteiger partial charge in [0.2, 0.25) is 0 Å². The first-order valence-electron chi connectivity index (χ1n) is 11.4. The van der Waals surface area contributed by atoms with Gasteiger partial charge in [-0.3, -0.25) is 4.99 Å². The summed E-state index contributed by atoms with van der Waals surface area (Å²) in [5.41, 5.74) is 1.12. The van der Waals surface area contributed by atoms with Crippen LogP contribution in [0.2, 0.25) is 0 Å². The Morgan fingerprint density at radius 1 is 1.19 bits per heavy atom. The molecule has 1 aromatic rings. The second-order valence-corrected chi connectivity index (χ2v) is 8.07. The molecule has 0 amide bonds. The Kier molecular flexibility index (Phi) is 9.55. The fourth-order valence-electron chi connectivity index (χ4n) is 3.92. The molecule has 174 valence electrons. The summed E-state index contributed by atoms with van der Waals surface area (Å²) in [5.74, 6) is 3.06. The number of methoxy groups -OCH3 is 2. The minimum atomic E-state index is 0.341. The number of hydrogen-bond donors (Lipinski definition) is 2. The van der Waals surface area contributed by atoms with Gasteiger partial charge in [0, 0.05) is 75.2 Å². The third kappa shape index (κ3) is 7.47. The van der Waals surface area contributed by atoms with E-state index in [0.29, 0.717) is 12.0 Å². The summed E-state index contributed by atoms with van der Waals surface area (Å²) in [4.78, 5) is 7.08. The molecular weight excluding hydrogens is 396 g/mol. The van der Waals surface area contributed by atoms with Crippen LogP contribution < -0.4 is 25.0 Å². The molecule has 2 atom stereocenters. The van der Waals surface area contributed by atoms with Crippen molar-refractivity contribution in [3.05, 3.63) is 18.2 Å². The highest BCUT2D eigenvalue weighted by Gasteiger charge is 2.24. The molecule has 3 rings (SSSR count). The maximum atomic E-state index is 5.78. The summed E-state index contributed by atoms with van der Waals surface area (Å²) in [6.45, 7) is 8.83. The smallest absolute Gasteiger partial charge is 0.191 e. The molecule has 31 heavy (non-hydrogen) atoms. The highest BCUT2D eigenvalue weighted by Crippen LogP contribution is 2.30. The quantitative estimate of drug-likeness (QED) is 0.314. The topological polar surface area (TPSA) is 76.6 Å². The van der Waals surface area contributed by atoms with Gasteiger partial charge in [-0.15, -0.1) is 0 Å². The summed E-state index contributed by atoms with van der Waals surface area (Å²) in [5, 5.41) is 6.95. The van der Waals surface area contributed by atoms with E-state index in [9.17, 15) is 0 Å². The number of anilines is 1. The fraction of sp³-hybridized carbons (Fsp3) is 0.696. The largest absolute Gasteiger partial charge is 0.497 e. The monoisotopic (exact) mass is 434 g/mol. The van der Waals surface area contributed by atoms with E-state index < -0.39 is 0 Å². The first-order chi connectivity index (χ1) is 15.2. The van der Waals surface area contributed by atoms with Crippen molar-refractivity contribution in [1.82, 2.24) is 10.6 Å². The highest BCUT2D eigenvalue weighted by atomic mass is 16.5. The molecule has 0 radical (unpaired) electrons. The summed E-state index contributed by atoms with van der Waals surface area (Å²) < 4.78 is 22.0. The lowest BCUT2D eigenvalue weighted by Crippen LogP contribution is -2.44. The second-order valence-electron chi connectivity index (χ2n) is 8.07. The van der Waals surface area contributed by atoms with Gasteiger partial charge in [-0.2, -0.15) is 0 Å². The average molecular weight is 435 g/mol. The van der Waals surface area contributed by atoms with Crippen LogP contribution in [0.5, 0.6) is 11.5 Å². The van der Waals surface area contributed by atoms with Crippen molar-refractivity contribution < 1.29 is 18.9 Å². The Morgan fingerprint density at radius 2 is 2.00 bits per heavy atom. The number of benzene rings is 1. The van der Waals surface area contributed by atoms with Gasteiger partial charge in [-0.1, -0.05) is 0 Å². The predicted octanol–water partition coefficient (Wildman–Crippen LogP) is 2.28. The second kappa shape index (κ2) is 12.6. The summed E-state index contributed by atoms with van der Waals surface area (Å²) >= 11 is 0. The first kappa shape index (κ1) is 23.5. The molecule has 0 bridgehead atoms. The van der Waals surface area contributed by atoms with Gasteiger partial charge in [-0.05, 0) is 26.2 Å². The van der Waals surface area contributed by atoms with Crippen molar-refractivity contribution in [2.24, 2.45) is 10.9 Å². The molecule has 2 heterocycles. The zero-order chi connectivity index (χ0) is 21.9. The molecular formula is C23H38N4O4. The van der Waals surface area contributed by atoms with Gasteiger partial charge in [0.05, 0.1) is 27.4 Å². The SMILES string of the molecule is CCNC(=NCCCOCC1CCOC1)NC1CCN(c2cc(OC)cc(OC)c2)C1. The number of rotatable bonds is 11. The normalized spacial score (nSPS) is 21.4. The average Bonchev–Trinajstić information content (AvgIpc) is 3.48. The molecule has 0 saturated carbocycles. The van der Waals surface area contributed by atoms with Crippen molar-refractivity contribution in [3.8, 4) is 11.5 Å². The minimum Gasteiger partial charge on any atom is -0.497 e. The van der Waals surface area contributed by atoms with Crippen LogP contribution in [0.4, 0.5) is 5.69 Å². The van der Waals surface area contributed by atoms with Crippen LogP contribution in [-0.2, 0) is 9.47 Å². The van der Waals surface area contributed by atoms with Crippen LogP contribution in [0.15, 0.2) is 23.2 Å². The third-order valence-electron chi connectivity index (χ3n) is 5.67. The van der Waals surface area contributed by atoms with Gasteiger partial charge < -0.3 is 34.5 Å². The fourth-order valence-corrected chi connectivity index (χ4v) is 3.92. The maximum absolute atomic E-state index is 5.78. The Morgan fingerprint density at radius 3 is 2.68 bits per heavy atom. The van der Waals surface area contributed by atoms with Crippen molar-refractivity contribution in [2.75, 3.05) is 71.7 Å². The van der Waals surface area contributed by atoms with E-state index in [2.05, 4.69) is 34.6 Å². The Balaban J connectivity index is 1.44. The molecule has 0 aliphatic carbocycles. The van der Waals surface area contributed by atoms with E-state index in [1.807, 2.05) is 6.07 Å². The third-order valence-corrected chi connectivity index (χ3v) is 5.67. The molecule has 2 N–H and O–H groups in total. The van der Waals surface area contributed by atoms with Gasteiger partial charge in [-0.25, -0.2) is 0 Å². The molecule has 8 nitrogen and oxygen atoms in total. The van der Waals surface area contributed by atoms with Gasteiger partial charge in [0.15, 0.2) is 5.96 Å². The number of ether oxygens (including phenoxy) is 4. The number of hydrogen-bond acceptors (Lipinski definition) is 6. The van der Waals surface area contributed by atoms with Crippen molar-refractivity contribution in [3.63, 3.8) is 0 Å². The van der Waals surface area contributed by atoms with E-state index in [4.69, 9.17) is 23.9 Å². The molecule has 2 aliphatic rings. The number of guanidine groups is 1. The van der Waals surface area contributed by atoms with E-state index in [0.717, 1.165) is 95.0 Å². The molecule has 2 aliphatic heterocycles. The van der Waals surface area contributed by atoms with Crippen molar-refractivity contribution in [1.29, 1.82) is 0 Å². The number of nitrogens with one attached hydrogen (secondary N) is 2. The Bertz CT molecular complexity index is 672. The molecule has 2 saturated heterocycles. The van der Waals surface area contributed by atoms with Crippen molar-refractivity contribution in [2.45, 2.75) is 32.2 Å². The van der Waals surface area contributed by atoms with Crippen LogP contribution in [0.25, 0.3) is 0 Å². The standard InChI is InChI=1S/C23H38N4O4/c1-4-24-23(25-8-5-10-30-16-18-7-11-31-17-18)26-19-6-9-27(15-19)20-12-21(28-2)14-22(13-20)29-3/h12-14,18-19H,4-11,15-17H2,1-3H3,(H2,24,25,26). The minimum absolute atomic E-state index is 0.341. The van der Waals surface area contributed by atoms with Crippen LogP contribution in [-0.4, -0.2) is 78.8 Å². The summed E-state index contributed by atoms with van der Waals surface area (Å²) in [7, 11) is 3.36. The van der Waals surface area contributed by atoms with Crippen LogP contribution >= 0.6 is 0 Å². The molecule has 2 unspecified atom stereocenters. The van der Waals surface area contributed by atoms with Gasteiger partial charge in [0.1, 0.15) is 11.5 Å². The van der Waals surface area contributed by atoms with Crippen LogP contribution in [0.3, 0.4) is 0 Å². The van der Waals surface area contributed by atoms with Crippen LogP contribution in [0.1, 0.15) is 26.2 Å². The Hall–Kier alpha value is -2.19. The maximum Gasteiger partial charge on any atom is 0.191 e. The van der Waals surface area contributed by atoms with E-state index in [1.54, 1.807) is 14.2 Å². The lowest BCUT2D eigenvalue weighted by Gasteiger charge is -2.21. The van der Waals surface area contributed by atoms with Crippen molar-refractivity contribution >= 4 is 11.6 Å². The molecule has 8 heteroatoms. The lowest BCUT2D eigenvalue weighted by atomic mass is 10.1. The molecule has 0 spiro atoms. The van der Waals surface area contributed by atoms with E-state index in [-0.39, 0.29) is 0 Å². The number of aliphatic imine (C=N–C) groups is 1. The lowest BCUT2D eigenvalue weighted by molar-refractivity contribution is 0.0893. The number of nitrogens with zero attached hydrogens (tertiary/aromatic N) is 2. The van der Waals surface area contributed by atoms with Gasteiger partial charge >= 0.3 is 0 Å². The zero-order valence-corrected chi connectivity index (χ0v) is 19.2. The molecule has 2 fully saturated rings.